The topological polar surface area (TPSA) is 61.0 Å². The molecule has 1 aliphatic heterocycles. The van der Waals surface area contributed by atoms with Gasteiger partial charge in [0, 0.05) is 25.2 Å². The molecule has 3 heterocycles. The van der Waals surface area contributed by atoms with Gasteiger partial charge in [0.1, 0.15) is 5.82 Å². The second-order valence-corrected chi connectivity index (χ2v) is 7.75. The van der Waals surface area contributed by atoms with Crippen molar-refractivity contribution >= 4 is 23.1 Å². The smallest absolute Gasteiger partial charge is 0.261 e. The summed E-state index contributed by atoms with van der Waals surface area (Å²) in [5.41, 5.74) is 2.76. The lowest BCUT2D eigenvalue weighted by atomic mass is 10.1. The van der Waals surface area contributed by atoms with E-state index in [-0.39, 0.29) is 17.8 Å². The fourth-order valence-electron chi connectivity index (χ4n) is 3.41. The Kier molecular flexibility index (Phi) is 4.94. The molecule has 2 aromatic heterocycles. The molecule has 0 aliphatic carbocycles. The number of nitrogens with zero attached hydrogens (tertiary/aromatic N) is 2. The molecular weight excluding hydrogens is 363 g/mol. The van der Waals surface area contributed by atoms with Crippen LogP contribution < -0.4 is 10.2 Å². The summed E-state index contributed by atoms with van der Waals surface area (Å²) < 4.78 is 13.1. The maximum Gasteiger partial charge on any atom is 0.261 e. The average molecular weight is 384 g/mol. The Labute approximate surface area is 161 Å². The third-order valence-electron chi connectivity index (χ3n) is 4.87. The van der Waals surface area contributed by atoms with Crippen LogP contribution in [0.2, 0.25) is 0 Å². The Morgan fingerprint density at radius 2 is 2.15 bits per heavy atom. The molecular formula is C20H21FN4OS. The summed E-state index contributed by atoms with van der Waals surface area (Å²) in [5, 5.41) is 12.5. The first kappa shape index (κ1) is 17.7. The molecule has 27 heavy (non-hydrogen) atoms. The Hall–Kier alpha value is -2.67. The summed E-state index contributed by atoms with van der Waals surface area (Å²) in [5.74, 6) is 0.595. The Morgan fingerprint density at radius 3 is 2.89 bits per heavy atom. The highest BCUT2D eigenvalue weighted by molar-refractivity contribution is 7.12. The molecule has 3 aromatic rings. The second kappa shape index (κ2) is 7.52. The number of hydrogen-bond acceptors (Lipinski definition) is 4. The first-order chi connectivity index (χ1) is 13.1. The number of anilines is 1. The van der Waals surface area contributed by atoms with E-state index in [1.165, 1.54) is 23.5 Å². The van der Waals surface area contributed by atoms with E-state index in [1.807, 2.05) is 24.4 Å². The van der Waals surface area contributed by atoms with Crippen LogP contribution in [-0.4, -0.2) is 35.2 Å². The van der Waals surface area contributed by atoms with Gasteiger partial charge < -0.3 is 10.2 Å². The normalized spacial score (nSPS) is 17.1. The van der Waals surface area contributed by atoms with Crippen LogP contribution in [0.5, 0.6) is 0 Å². The average Bonchev–Trinajstić information content (AvgIpc) is 3.32. The van der Waals surface area contributed by atoms with E-state index in [2.05, 4.69) is 20.4 Å². The van der Waals surface area contributed by atoms with Gasteiger partial charge in [0.25, 0.3) is 5.91 Å². The van der Waals surface area contributed by atoms with E-state index >= 15 is 0 Å². The van der Waals surface area contributed by atoms with Crippen LogP contribution in [0, 0.1) is 12.7 Å². The number of hydrogen-bond donors (Lipinski definition) is 2. The van der Waals surface area contributed by atoms with E-state index in [9.17, 15) is 9.18 Å². The molecule has 0 radical (unpaired) electrons. The second-order valence-electron chi connectivity index (χ2n) is 6.84. The van der Waals surface area contributed by atoms with Gasteiger partial charge in [0.05, 0.1) is 10.6 Å². The number of rotatable bonds is 4. The van der Waals surface area contributed by atoms with E-state index in [4.69, 9.17) is 0 Å². The Morgan fingerprint density at radius 1 is 1.33 bits per heavy atom. The lowest BCUT2D eigenvalue weighted by Gasteiger charge is -2.33. The number of aromatic amines is 1. The van der Waals surface area contributed by atoms with Crippen molar-refractivity contribution in [3.8, 4) is 11.3 Å². The molecule has 0 saturated carbocycles. The summed E-state index contributed by atoms with van der Waals surface area (Å²) >= 11 is 1.48. The predicted molar refractivity (Wildman–Crippen MR) is 106 cm³/mol. The number of nitrogens with one attached hydrogen (secondary N) is 2. The Balaban J connectivity index is 1.43. The third-order valence-corrected chi connectivity index (χ3v) is 5.88. The molecule has 140 valence electrons. The first-order valence-electron chi connectivity index (χ1n) is 9.01. The Bertz CT molecular complexity index is 934. The van der Waals surface area contributed by atoms with Crippen LogP contribution in [0.3, 0.4) is 0 Å². The number of halogens is 1. The van der Waals surface area contributed by atoms with E-state index in [0.717, 1.165) is 53.4 Å². The van der Waals surface area contributed by atoms with Gasteiger partial charge in [-0.25, -0.2) is 4.39 Å². The summed E-state index contributed by atoms with van der Waals surface area (Å²) in [6.45, 7) is 3.58. The number of aryl methyl sites for hydroxylation is 1. The third kappa shape index (κ3) is 3.88. The minimum Gasteiger partial charge on any atom is -0.353 e. The number of thiophene rings is 1. The molecule has 1 amide bonds. The van der Waals surface area contributed by atoms with Gasteiger partial charge in [-0.15, -0.1) is 11.3 Å². The zero-order chi connectivity index (χ0) is 18.8. The molecule has 1 saturated heterocycles. The molecule has 1 fully saturated rings. The number of H-pyrrole nitrogens is 1. The van der Waals surface area contributed by atoms with Crippen molar-refractivity contribution < 1.29 is 9.18 Å². The first-order valence-corrected chi connectivity index (χ1v) is 9.89. The molecule has 1 aliphatic rings. The van der Waals surface area contributed by atoms with Crippen molar-refractivity contribution in [1.82, 2.24) is 15.5 Å². The number of aromatic nitrogens is 2. The van der Waals surface area contributed by atoms with Crippen LogP contribution in [0.25, 0.3) is 11.3 Å². The van der Waals surface area contributed by atoms with Crippen molar-refractivity contribution in [3.63, 3.8) is 0 Å². The zero-order valence-corrected chi connectivity index (χ0v) is 15.9. The number of amides is 1. The van der Waals surface area contributed by atoms with Gasteiger partial charge in [-0.05, 0) is 66.6 Å². The summed E-state index contributed by atoms with van der Waals surface area (Å²) in [6, 6.07) is 10.4. The molecule has 7 heteroatoms. The molecule has 0 unspecified atom stereocenters. The van der Waals surface area contributed by atoms with Gasteiger partial charge in [-0.3, -0.25) is 9.89 Å². The molecule has 2 N–H and O–H groups in total. The van der Waals surface area contributed by atoms with Crippen LogP contribution >= 0.6 is 11.3 Å². The van der Waals surface area contributed by atoms with Crippen LogP contribution in [0.4, 0.5) is 10.2 Å². The highest BCUT2D eigenvalue weighted by Crippen LogP contribution is 2.25. The van der Waals surface area contributed by atoms with Crippen molar-refractivity contribution in [2.45, 2.75) is 25.8 Å². The van der Waals surface area contributed by atoms with Gasteiger partial charge >= 0.3 is 0 Å². The monoisotopic (exact) mass is 384 g/mol. The number of carbonyl (C=O) groups is 1. The quantitative estimate of drug-likeness (QED) is 0.715. The van der Waals surface area contributed by atoms with E-state index in [0.29, 0.717) is 0 Å². The minimum atomic E-state index is -0.255. The largest absolute Gasteiger partial charge is 0.353 e. The highest BCUT2D eigenvalue weighted by Gasteiger charge is 2.24. The summed E-state index contributed by atoms with van der Waals surface area (Å²) in [4.78, 5) is 15.4. The summed E-state index contributed by atoms with van der Waals surface area (Å²) in [6.07, 6.45) is 1.95. The fourth-order valence-corrected chi connectivity index (χ4v) is 4.24. The van der Waals surface area contributed by atoms with Gasteiger partial charge in [0.2, 0.25) is 0 Å². The van der Waals surface area contributed by atoms with Gasteiger partial charge in [-0.1, -0.05) is 0 Å². The molecule has 1 atom stereocenters. The number of carbonyl (C=O) groups excluding carboxylic acids is 1. The van der Waals surface area contributed by atoms with Gasteiger partial charge in [0.15, 0.2) is 5.82 Å². The van der Waals surface area contributed by atoms with Crippen LogP contribution in [-0.2, 0) is 0 Å². The van der Waals surface area contributed by atoms with Crippen LogP contribution in [0.1, 0.15) is 28.1 Å². The van der Waals surface area contributed by atoms with Gasteiger partial charge in [-0.2, -0.15) is 5.10 Å². The standard InChI is InChI=1S/C20H21FN4OS/c1-13-8-10-27-19(13)20(26)22-16-3-2-9-25(12-16)18-11-17(23-24-18)14-4-6-15(21)7-5-14/h4-8,10-11,16H,2-3,9,12H2,1H3,(H,22,26)(H,23,24)/t16-/m0/s1. The maximum atomic E-state index is 13.1. The zero-order valence-electron chi connectivity index (χ0n) is 15.0. The van der Waals surface area contributed by atoms with Crippen molar-refractivity contribution in [1.29, 1.82) is 0 Å². The molecule has 0 spiro atoms. The maximum absolute atomic E-state index is 13.1. The van der Waals surface area contributed by atoms with E-state index < -0.39 is 0 Å². The highest BCUT2D eigenvalue weighted by atomic mass is 32.1. The lowest BCUT2D eigenvalue weighted by Crippen LogP contribution is -2.47. The number of benzene rings is 1. The summed E-state index contributed by atoms with van der Waals surface area (Å²) in [7, 11) is 0. The van der Waals surface area contributed by atoms with Crippen molar-refractivity contribution in [3.05, 3.63) is 58.0 Å². The SMILES string of the molecule is Cc1ccsc1C(=O)N[C@H]1CCCN(c2cc(-c3ccc(F)cc3)[nH]n2)C1. The predicted octanol–water partition coefficient (Wildman–Crippen LogP) is 3.98. The minimum absolute atomic E-state index is 0.00313. The fraction of sp³-hybridized carbons (Fsp3) is 0.300. The molecule has 0 bridgehead atoms. The van der Waals surface area contributed by atoms with Crippen LogP contribution in [0.15, 0.2) is 41.8 Å². The van der Waals surface area contributed by atoms with E-state index in [1.54, 1.807) is 12.1 Å². The van der Waals surface area contributed by atoms with Crippen molar-refractivity contribution in [2.24, 2.45) is 0 Å². The van der Waals surface area contributed by atoms with Crippen molar-refractivity contribution in [2.75, 3.05) is 18.0 Å². The number of piperidine rings is 1. The molecule has 4 rings (SSSR count). The molecule has 5 nitrogen and oxygen atoms in total. The molecule has 1 aromatic carbocycles. The lowest BCUT2D eigenvalue weighted by molar-refractivity contribution is 0.0936.